The summed E-state index contributed by atoms with van der Waals surface area (Å²) in [6.45, 7) is 0.307. The molecule has 0 spiro atoms. The standard InChI is InChI=1S/C29H24N6O2/c1-37-22-11-8-19(9-12-22)15-20-10-13-24-26(23-6-2-3-7-25(23)34-27(20)24)29(36)32-16-21-5-4-14-31-28(21)35-18-30-17-33-35/h2-9,11-12,14-15,17-18H,10,13,16H2,1H3,(H,32,36)/b20-15+. The summed E-state index contributed by atoms with van der Waals surface area (Å²) in [5.41, 5.74) is 6.41. The number of rotatable bonds is 6. The highest BCUT2D eigenvalue weighted by Gasteiger charge is 2.27. The molecule has 37 heavy (non-hydrogen) atoms. The topological polar surface area (TPSA) is 94.8 Å². The number of amides is 1. The fourth-order valence-corrected chi connectivity index (χ4v) is 4.80. The average Bonchev–Trinajstić information content (AvgIpc) is 3.62. The van der Waals surface area contributed by atoms with Crippen molar-refractivity contribution in [2.45, 2.75) is 19.4 Å². The van der Waals surface area contributed by atoms with Gasteiger partial charge in [-0.2, -0.15) is 5.10 Å². The third-order valence-corrected chi connectivity index (χ3v) is 6.57. The first-order valence-electron chi connectivity index (χ1n) is 12.0. The van der Waals surface area contributed by atoms with Crippen LogP contribution in [-0.4, -0.2) is 37.7 Å². The number of carbonyl (C=O) groups is 1. The zero-order valence-corrected chi connectivity index (χ0v) is 20.3. The van der Waals surface area contributed by atoms with E-state index in [1.54, 1.807) is 24.3 Å². The smallest absolute Gasteiger partial charge is 0.252 e. The number of allylic oxidation sites excluding steroid dienone is 1. The van der Waals surface area contributed by atoms with E-state index in [0.29, 0.717) is 17.9 Å². The molecule has 0 aliphatic heterocycles. The number of hydrogen-bond acceptors (Lipinski definition) is 6. The molecular formula is C29H24N6O2. The first-order valence-corrected chi connectivity index (χ1v) is 12.0. The highest BCUT2D eigenvalue weighted by atomic mass is 16.5. The van der Waals surface area contributed by atoms with Crippen molar-refractivity contribution < 1.29 is 9.53 Å². The molecule has 2 aromatic carbocycles. The van der Waals surface area contributed by atoms with Gasteiger partial charge in [0, 0.05) is 23.7 Å². The van der Waals surface area contributed by atoms with Crippen LogP contribution in [0, 0.1) is 0 Å². The van der Waals surface area contributed by atoms with Crippen LogP contribution in [0.15, 0.2) is 79.5 Å². The van der Waals surface area contributed by atoms with E-state index in [4.69, 9.17) is 9.72 Å². The van der Waals surface area contributed by atoms with E-state index in [0.717, 1.165) is 57.5 Å². The molecule has 1 aliphatic carbocycles. The van der Waals surface area contributed by atoms with Crippen LogP contribution < -0.4 is 10.1 Å². The summed E-state index contributed by atoms with van der Waals surface area (Å²) in [5, 5.41) is 8.15. The molecule has 6 rings (SSSR count). The second kappa shape index (κ2) is 9.66. The van der Waals surface area contributed by atoms with Crippen LogP contribution >= 0.6 is 0 Å². The molecule has 182 valence electrons. The Hall–Kier alpha value is -4.85. The second-order valence-electron chi connectivity index (χ2n) is 8.78. The van der Waals surface area contributed by atoms with Crippen LogP contribution in [0.2, 0.25) is 0 Å². The van der Waals surface area contributed by atoms with Gasteiger partial charge in [0.15, 0.2) is 5.82 Å². The summed E-state index contributed by atoms with van der Waals surface area (Å²) in [7, 11) is 1.66. The lowest BCUT2D eigenvalue weighted by atomic mass is 9.99. The van der Waals surface area contributed by atoms with Gasteiger partial charge in [0.1, 0.15) is 18.4 Å². The highest BCUT2D eigenvalue weighted by molar-refractivity contribution is 6.09. The fourth-order valence-electron chi connectivity index (χ4n) is 4.80. The Morgan fingerprint density at radius 3 is 2.76 bits per heavy atom. The lowest BCUT2D eigenvalue weighted by Crippen LogP contribution is -2.25. The summed E-state index contributed by atoms with van der Waals surface area (Å²) in [4.78, 5) is 27.1. The van der Waals surface area contributed by atoms with Gasteiger partial charge >= 0.3 is 0 Å². The molecular weight excluding hydrogens is 464 g/mol. The van der Waals surface area contributed by atoms with Crippen LogP contribution in [0.25, 0.3) is 28.4 Å². The number of para-hydroxylation sites is 1. The molecule has 8 heteroatoms. The Bertz CT molecular complexity index is 1620. The highest BCUT2D eigenvalue weighted by Crippen LogP contribution is 2.37. The first-order chi connectivity index (χ1) is 18.2. The van der Waals surface area contributed by atoms with E-state index in [2.05, 4.69) is 26.5 Å². The second-order valence-corrected chi connectivity index (χ2v) is 8.78. The minimum atomic E-state index is -0.131. The first kappa shape index (κ1) is 22.6. The van der Waals surface area contributed by atoms with Gasteiger partial charge in [-0.15, -0.1) is 0 Å². The van der Waals surface area contributed by atoms with E-state index in [1.165, 1.54) is 6.33 Å². The van der Waals surface area contributed by atoms with Crippen LogP contribution in [0.4, 0.5) is 0 Å². The summed E-state index contributed by atoms with van der Waals surface area (Å²) in [6, 6.07) is 19.5. The number of hydrogen-bond donors (Lipinski definition) is 1. The molecule has 3 heterocycles. The number of nitrogens with zero attached hydrogens (tertiary/aromatic N) is 5. The van der Waals surface area contributed by atoms with Gasteiger partial charge in [0.2, 0.25) is 0 Å². The molecule has 0 bridgehead atoms. The Morgan fingerprint density at radius 1 is 1.08 bits per heavy atom. The molecule has 1 N–H and O–H groups in total. The molecule has 0 atom stereocenters. The lowest BCUT2D eigenvalue weighted by molar-refractivity contribution is 0.0951. The number of methoxy groups -OCH3 is 1. The van der Waals surface area contributed by atoms with Crippen molar-refractivity contribution >= 4 is 28.5 Å². The molecule has 0 fully saturated rings. The number of pyridine rings is 2. The number of nitrogens with one attached hydrogen (secondary N) is 1. The van der Waals surface area contributed by atoms with Gasteiger partial charge in [0.25, 0.3) is 5.91 Å². The van der Waals surface area contributed by atoms with Gasteiger partial charge in [-0.1, -0.05) is 36.4 Å². The maximum absolute atomic E-state index is 13.7. The SMILES string of the molecule is COc1ccc(/C=C2\CCc3c2nc2ccccc2c3C(=O)NCc2cccnc2-n2cncn2)cc1. The van der Waals surface area contributed by atoms with Crippen molar-refractivity contribution in [1.82, 2.24) is 30.0 Å². The van der Waals surface area contributed by atoms with Crippen LogP contribution in [0.1, 0.15) is 39.2 Å². The summed E-state index contributed by atoms with van der Waals surface area (Å²) >= 11 is 0. The molecule has 0 radical (unpaired) electrons. The maximum Gasteiger partial charge on any atom is 0.252 e. The van der Waals surface area contributed by atoms with Crippen molar-refractivity contribution in [1.29, 1.82) is 0 Å². The third-order valence-electron chi connectivity index (χ3n) is 6.57. The molecule has 1 aliphatic rings. The fraction of sp³-hybridized carbons (Fsp3) is 0.138. The molecule has 0 saturated heterocycles. The van der Waals surface area contributed by atoms with Gasteiger partial charge in [-0.3, -0.25) is 4.79 Å². The monoisotopic (exact) mass is 488 g/mol. The molecule has 0 unspecified atom stereocenters. The average molecular weight is 489 g/mol. The Morgan fingerprint density at radius 2 is 1.95 bits per heavy atom. The zero-order chi connectivity index (χ0) is 25.2. The van der Waals surface area contributed by atoms with E-state index < -0.39 is 0 Å². The number of carbonyl (C=O) groups excluding carboxylic acids is 1. The number of ether oxygens (including phenoxy) is 1. The van der Waals surface area contributed by atoms with E-state index in [9.17, 15) is 4.79 Å². The van der Waals surface area contributed by atoms with Gasteiger partial charge in [-0.05, 0) is 59.9 Å². The van der Waals surface area contributed by atoms with Crippen LogP contribution in [0.5, 0.6) is 5.75 Å². The van der Waals surface area contributed by atoms with Crippen molar-refractivity contribution in [3.8, 4) is 11.6 Å². The summed E-state index contributed by atoms with van der Waals surface area (Å²) in [6.07, 6.45) is 8.48. The lowest BCUT2D eigenvalue weighted by Gasteiger charge is -2.14. The van der Waals surface area contributed by atoms with Crippen molar-refractivity contribution in [3.63, 3.8) is 0 Å². The maximum atomic E-state index is 13.7. The normalized spacial score (nSPS) is 13.6. The molecule has 1 amide bonds. The zero-order valence-electron chi connectivity index (χ0n) is 20.3. The molecule has 3 aromatic heterocycles. The third kappa shape index (κ3) is 4.33. The quantitative estimate of drug-likeness (QED) is 0.374. The van der Waals surface area contributed by atoms with Crippen molar-refractivity contribution in [3.05, 3.63) is 107 Å². The summed E-state index contributed by atoms with van der Waals surface area (Å²) < 4.78 is 6.87. The van der Waals surface area contributed by atoms with Crippen LogP contribution in [-0.2, 0) is 13.0 Å². The molecule has 0 saturated carbocycles. The largest absolute Gasteiger partial charge is 0.497 e. The van der Waals surface area contributed by atoms with Crippen LogP contribution in [0.3, 0.4) is 0 Å². The predicted octanol–water partition coefficient (Wildman–Crippen LogP) is 4.64. The van der Waals surface area contributed by atoms with E-state index in [-0.39, 0.29) is 5.91 Å². The number of fused-ring (bicyclic) bond motifs is 2. The number of aromatic nitrogens is 5. The number of benzene rings is 2. The van der Waals surface area contributed by atoms with Crippen molar-refractivity contribution in [2.75, 3.05) is 7.11 Å². The summed E-state index contributed by atoms with van der Waals surface area (Å²) in [5.74, 6) is 1.32. The molecule has 5 aromatic rings. The van der Waals surface area contributed by atoms with E-state index >= 15 is 0 Å². The predicted molar refractivity (Wildman–Crippen MR) is 141 cm³/mol. The minimum absolute atomic E-state index is 0.131. The molecule has 8 nitrogen and oxygen atoms in total. The Balaban J connectivity index is 1.35. The van der Waals surface area contributed by atoms with E-state index in [1.807, 2.05) is 60.7 Å². The Labute approximate surface area is 213 Å². The minimum Gasteiger partial charge on any atom is -0.497 e. The Kier molecular flexibility index (Phi) is 5.90. The van der Waals surface area contributed by atoms with Gasteiger partial charge in [-0.25, -0.2) is 19.6 Å². The van der Waals surface area contributed by atoms with Crippen molar-refractivity contribution in [2.24, 2.45) is 0 Å². The van der Waals surface area contributed by atoms with Gasteiger partial charge < -0.3 is 10.1 Å². The van der Waals surface area contributed by atoms with Gasteiger partial charge in [0.05, 0.1) is 23.9 Å².